The van der Waals surface area contributed by atoms with Crippen LogP contribution in [-0.2, 0) is 12.8 Å². The Balaban J connectivity index is 1.96. The van der Waals surface area contributed by atoms with Crippen molar-refractivity contribution in [3.63, 3.8) is 0 Å². The summed E-state index contributed by atoms with van der Waals surface area (Å²) in [4.78, 5) is 8.93. The minimum absolute atomic E-state index is 0.547. The summed E-state index contributed by atoms with van der Waals surface area (Å²) in [5.41, 5.74) is 6.74. The molecule has 0 saturated carbocycles. The molecular formula is C25H25N5. The molecule has 5 nitrogen and oxygen atoms in total. The van der Waals surface area contributed by atoms with Crippen molar-refractivity contribution in [1.29, 1.82) is 5.26 Å². The highest BCUT2D eigenvalue weighted by atomic mass is 15.3. The average Bonchev–Trinajstić information content (AvgIpc) is 3.14. The van der Waals surface area contributed by atoms with Gasteiger partial charge in [0.25, 0.3) is 0 Å². The number of allylic oxidation sites excluding steroid dienone is 2. The first-order valence-electron chi connectivity index (χ1n) is 9.93. The first-order chi connectivity index (χ1) is 14.5. The standard InChI is InChI=1S/C25H25N5/c1-5-7-12-27-19(4)30-17-23(18(3)29-30)14-22-13-21(15-26)8-10-24(22)25-11-9-20(6-2)16-28-25/h5,7-13,16-17H,4,6,14H2,1-3H3/b7-5-,27-12-. The zero-order chi connectivity index (χ0) is 21.5. The van der Waals surface area contributed by atoms with Crippen LogP contribution in [0.4, 0.5) is 0 Å². The summed E-state index contributed by atoms with van der Waals surface area (Å²) in [6.45, 7) is 10.00. The number of aryl methyl sites for hydroxylation is 2. The number of nitrogens with zero attached hydrogens (tertiary/aromatic N) is 5. The molecule has 0 atom stereocenters. The van der Waals surface area contributed by atoms with Gasteiger partial charge in [-0.05, 0) is 61.2 Å². The van der Waals surface area contributed by atoms with Crippen molar-refractivity contribution in [1.82, 2.24) is 14.8 Å². The van der Waals surface area contributed by atoms with E-state index in [4.69, 9.17) is 0 Å². The van der Waals surface area contributed by atoms with Crippen molar-refractivity contribution < 1.29 is 0 Å². The van der Waals surface area contributed by atoms with E-state index < -0.39 is 0 Å². The average molecular weight is 396 g/mol. The minimum atomic E-state index is 0.547. The summed E-state index contributed by atoms with van der Waals surface area (Å²) in [7, 11) is 0. The Morgan fingerprint density at radius 2 is 2.10 bits per heavy atom. The van der Waals surface area contributed by atoms with Crippen LogP contribution in [0.5, 0.6) is 0 Å². The van der Waals surface area contributed by atoms with Gasteiger partial charge in [-0.3, -0.25) is 4.98 Å². The SMILES string of the molecule is C=C(/N=C\C=C/C)n1cc(Cc2cc(C#N)ccc2-c2ccc(CC)cn2)c(C)n1. The third-order valence-electron chi connectivity index (χ3n) is 4.89. The molecule has 1 aromatic carbocycles. The minimum Gasteiger partial charge on any atom is -0.256 e. The van der Waals surface area contributed by atoms with Crippen LogP contribution < -0.4 is 0 Å². The van der Waals surface area contributed by atoms with Crippen molar-refractivity contribution in [2.75, 3.05) is 0 Å². The topological polar surface area (TPSA) is 66.9 Å². The molecule has 0 fully saturated rings. The molecule has 0 aliphatic rings. The zero-order valence-electron chi connectivity index (χ0n) is 17.6. The fourth-order valence-electron chi connectivity index (χ4n) is 3.13. The molecule has 5 heteroatoms. The van der Waals surface area contributed by atoms with Crippen molar-refractivity contribution in [2.24, 2.45) is 4.99 Å². The van der Waals surface area contributed by atoms with Crippen LogP contribution in [0, 0.1) is 18.3 Å². The maximum absolute atomic E-state index is 9.38. The lowest BCUT2D eigenvalue weighted by molar-refractivity contribution is 0.873. The van der Waals surface area contributed by atoms with E-state index in [1.807, 2.05) is 62.7 Å². The monoisotopic (exact) mass is 395 g/mol. The normalized spacial score (nSPS) is 11.3. The molecule has 30 heavy (non-hydrogen) atoms. The van der Waals surface area contributed by atoms with Gasteiger partial charge in [-0.25, -0.2) is 9.67 Å². The van der Waals surface area contributed by atoms with E-state index in [2.05, 4.69) is 40.7 Å². The van der Waals surface area contributed by atoms with Crippen LogP contribution in [0.15, 0.2) is 66.4 Å². The van der Waals surface area contributed by atoms with E-state index in [1.165, 1.54) is 5.56 Å². The van der Waals surface area contributed by atoms with Crippen LogP contribution >= 0.6 is 0 Å². The number of aromatic nitrogens is 3. The molecule has 150 valence electrons. The molecule has 0 radical (unpaired) electrons. The Kier molecular flexibility index (Phi) is 6.71. The molecule has 3 aromatic rings. The molecule has 0 aliphatic heterocycles. The predicted molar refractivity (Wildman–Crippen MR) is 122 cm³/mol. The molecule has 0 bridgehead atoms. The highest BCUT2D eigenvalue weighted by molar-refractivity contribution is 5.75. The quantitative estimate of drug-likeness (QED) is 0.506. The fourth-order valence-corrected chi connectivity index (χ4v) is 3.13. The molecule has 0 saturated heterocycles. The highest BCUT2D eigenvalue weighted by Gasteiger charge is 2.13. The van der Waals surface area contributed by atoms with Gasteiger partial charge in [0.15, 0.2) is 0 Å². The summed E-state index contributed by atoms with van der Waals surface area (Å²) in [5, 5.41) is 13.9. The van der Waals surface area contributed by atoms with E-state index in [0.29, 0.717) is 17.8 Å². The van der Waals surface area contributed by atoms with Gasteiger partial charge in [-0.15, -0.1) is 0 Å². The lowest BCUT2D eigenvalue weighted by Crippen LogP contribution is -1.96. The number of rotatable bonds is 7. The highest BCUT2D eigenvalue weighted by Crippen LogP contribution is 2.27. The maximum atomic E-state index is 9.38. The van der Waals surface area contributed by atoms with E-state index in [1.54, 1.807) is 10.9 Å². The van der Waals surface area contributed by atoms with E-state index in [9.17, 15) is 5.26 Å². The van der Waals surface area contributed by atoms with Crippen molar-refractivity contribution >= 4 is 12.0 Å². The van der Waals surface area contributed by atoms with Gasteiger partial charge in [-0.1, -0.05) is 31.7 Å². The second-order valence-electron chi connectivity index (χ2n) is 6.97. The molecule has 0 aliphatic carbocycles. The van der Waals surface area contributed by atoms with Crippen LogP contribution in [0.2, 0.25) is 0 Å². The Labute approximate surface area is 177 Å². The largest absolute Gasteiger partial charge is 0.256 e. The number of nitriles is 1. The van der Waals surface area contributed by atoms with Crippen LogP contribution in [0.1, 0.15) is 41.8 Å². The Hall–Kier alpha value is -3.78. The molecular weight excluding hydrogens is 370 g/mol. The molecule has 3 rings (SSSR count). The first-order valence-corrected chi connectivity index (χ1v) is 9.93. The number of hydrogen-bond donors (Lipinski definition) is 0. The summed E-state index contributed by atoms with van der Waals surface area (Å²) >= 11 is 0. The Bertz CT molecular complexity index is 1140. The number of benzene rings is 1. The lowest BCUT2D eigenvalue weighted by Gasteiger charge is -2.10. The van der Waals surface area contributed by atoms with E-state index in [0.717, 1.165) is 34.5 Å². The zero-order valence-corrected chi connectivity index (χ0v) is 17.6. The summed E-state index contributed by atoms with van der Waals surface area (Å²) < 4.78 is 1.69. The van der Waals surface area contributed by atoms with Gasteiger partial charge in [0.05, 0.1) is 23.0 Å². The van der Waals surface area contributed by atoms with Gasteiger partial charge < -0.3 is 0 Å². The summed E-state index contributed by atoms with van der Waals surface area (Å²) in [6.07, 6.45) is 10.9. The smallest absolute Gasteiger partial charge is 0.146 e. The van der Waals surface area contributed by atoms with Gasteiger partial charge in [0, 0.05) is 30.6 Å². The van der Waals surface area contributed by atoms with Gasteiger partial charge >= 0.3 is 0 Å². The third-order valence-corrected chi connectivity index (χ3v) is 4.89. The number of hydrogen-bond acceptors (Lipinski definition) is 4. The second kappa shape index (κ2) is 9.62. The van der Waals surface area contributed by atoms with Crippen molar-refractivity contribution in [2.45, 2.75) is 33.6 Å². The number of pyridine rings is 1. The molecule has 0 amide bonds. The molecule has 0 spiro atoms. The third kappa shape index (κ3) is 4.79. The van der Waals surface area contributed by atoms with Gasteiger partial charge in [0.2, 0.25) is 0 Å². The summed E-state index contributed by atoms with van der Waals surface area (Å²) in [6, 6.07) is 12.1. The summed E-state index contributed by atoms with van der Waals surface area (Å²) in [5.74, 6) is 0.547. The van der Waals surface area contributed by atoms with Crippen molar-refractivity contribution in [3.05, 3.63) is 89.4 Å². The van der Waals surface area contributed by atoms with E-state index in [-0.39, 0.29) is 0 Å². The van der Waals surface area contributed by atoms with Crippen molar-refractivity contribution in [3.8, 4) is 17.3 Å². The molecule has 2 heterocycles. The van der Waals surface area contributed by atoms with Gasteiger partial charge in [-0.2, -0.15) is 10.4 Å². The lowest BCUT2D eigenvalue weighted by atomic mass is 9.95. The van der Waals surface area contributed by atoms with Crippen LogP contribution in [-0.4, -0.2) is 21.0 Å². The van der Waals surface area contributed by atoms with Gasteiger partial charge in [0.1, 0.15) is 5.82 Å². The van der Waals surface area contributed by atoms with Crippen LogP contribution in [0.3, 0.4) is 0 Å². The van der Waals surface area contributed by atoms with E-state index >= 15 is 0 Å². The van der Waals surface area contributed by atoms with Crippen LogP contribution in [0.25, 0.3) is 17.1 Å². The second-order valence-corrected chi connectivity index (χ2v) is 6.97. The Morgan fingerprint density at radius 3 is 2.77 bits per heavy atom. The number of aliphatic imine (C=N–C) groups is 1. The molecule has 0 unspecified atom stereocenters. The molecule has 0 N–H and O–H groups in total. The Morgan fingerprint density at radius 1 is 1.27 bits per heavy atom. The maximum Gasteiger partial charge on any atom is 0.146 e. The predicted octanol–water partition coefficient (Wildman–Crippen LogP) is 5.35. The fraction of sp³-hybridized carbons (Fsp3) is 0.200. The first kappa shape index (κ1) is 20.9. The molecule has 2 aromatic heterocycles.